The average molecular weight is 196 g/mol. The lowest BCUT2D eigenvalue weighted by atomic mass is 10.1. The standard InChI is InChI=1S/C9H12N2O3/c1-10-8(9(13)14)4-6-2-3-7(12)5-11-6/h2-3,5,8,10,12H,4H2,1H3,(H,13,14). The number of aromatic hydroxyl groups is 1. The van der Waals surface area contributed by atoms with Crippen LogP contribution in [0, 0.1) is 0 Å². The van der Waals surface area contributed by atoms with Crippen molar-refractivity contribution in [3.05, 3.63) is 24.0 Å². The lowest BCUT2D eigenvalue weighted by Gasteiger charge is -2.09. The number of nitrogens with zero attached hydrogens (tertiary/aromatic N) is 1. The quantitative estimate of drug-likeness (QED) is 0.631. The van der Waals surface area contributed by atoms with Crippen LogP contribution in [0.3, 0.4) is 0 Å². The van der Waals surface area contributed by atoms with Gasteiger partial charge in [-0.15, -0.1) is 0 Å². The van der Waals surface area contributed by atoms with Crippen molar-refractivity contribution in [2.24, 2.45) is 0 Å². The molecular formula is C9H12N2O3. The topological polar surface area (TPSA) is 82.5 Å². The van der Waals surface area contributed by atoms with Crippen molar-refractivity contribution in [2.75, 3.05) is 7.05 Å². The van der Waals surface area contributed by atoms with E-state index in [1.54, 1.807) is 13.1 Å². The van der Waals surface area contributed by atoms with Gasteiger partial charge in [0.05, 0.1) is 6.20 Å². The van der Waals surface area contributed by atoms with Crippen LogP contribution in [0.4, 0.5) is 0 Å². The molecule has 5 heteroatoms. The van der Waals surface area contributed by atoms with E-state index in [0.29, 0.717) is 12.1 Å². The molecule has 0 spiro atoms. The minimum absolute atomic E-state index is 0.0742. The van der Waals surface area contributed by atoms with E-state index in [9.17, 15) is 4.79 Å². The number of likely N-dealkylation sites (N-methyl/N-ethyl adjacent to an activating group) is 1. The molecule has 0 fully saturated rings. The highest BCUT2D eigenvalue weighted by molar-refractivity contribution is 5.73. The molecule has 3 N–H and O–H groups in total. The molecule has 0 saturated heterocycles. The van der Waals surface area contributed by atoms with E-state index < -0.39 is 12.0 Å². The zero-order valence-corrected chi connectivity index (χ0v) is 7.77. The Morgan fingerprint density at radius 2 is 2.36 bits per heavy atom. The number of rotatable bonds is 4. The monoisotopic (exact) mass is 196 g/mol. The highest BCUT2D eigenvalue weighted by Gasteiger charge is 2.15. The normalized spacial score (nSPS) is 12.4. The van der Waals surface area contributed by atoms with E-state index >= 15 is 0 Å². The molecule has 0 aliphatic carbocycles. The van der Waals surface area contributed by atoms with Gasteiger partial charge in [0.1, 0.15) is 11.8 Å². The second-order valence-electron chi connectivity index (χ2n) is 2.89. The number of aliphatic carboxylic acids is 1. The highest BCUT2D eigenvalue weighted by atomic mass is 16.4. The number of carbonyl (C=O) groups is 1. The molecular weight excluding hydrogens is 184 g/mol. The van der Waals surface area contributed by atoms with Crippen LogP contribution in [-0.4, -0.2) is 34.3 Å². The van der Waals surface area contributed by atoms with Crippen molar-refractivity contribution < 1.29 is 15.0 Å². The summed E-state index contributed by atoms with van der Waals surface area (Å²) in [5.74, 6) is -0.840. The maximum atomic E-state index is 10.7. The molecule has 1 heterocycles. The number of carboxylic acids is 1. The highest BCUT2D eigenvalue weighted by Crippen LogP contribution is 2.07. The fraction of sp³-hybridized carbons (Fsp3) is 0.333. The molecule has 1 atom stereocenters. The first-order valence-electron chi connectivity index (χ1n) is 4.17. The zero-order chi connectivity index (χ0) is 10.6. The summed E-state index contributed by atoms with van der Waals surface area (Å²) in [6.45, 7) is 0. The summed E-state index contributed by atoms with van der Waals surface area (Å²) in [5, 5.41) is 20.4. The largest absolute Gasteiger partial charge is 0.506 e. The van der Waals surface area contributed by atoms with Crippen molar-refractivity contribution in [2.45, 2.75) is 12.5 Å². The van der Waals surface area contributed by atoms with Gasteiger partial charge in [0.15, 0.2) is 0 Å². The first-order chi connectivity index (χ1) is 6.63. The molecule has 5 nitrogen and oxygen atoms in total. The molecule has 0 bridgehead atoms. The summed E-state index contributed by atoms with van der Waals surface area (Å²) in [6, 6.07) is 2.44. The van der Waals surface area contributed by atoms with Crippen LogP contribution >= 0.6 is 0 Å². The number of hydrogen-bond donors (Lipinski definition) is 3. The molecule has 0 aromatic carbocycles. The molecule has 1 unspecified atom stereocenters. The summed E-state index contributed by atoms with van der Waals surface area (Å²) >= 11 is 0. The van der Waals surface area contributed by atoms with E-state index in [2.05, 4.69) is 10.3 Å². The number of pyridine rings is 1. The van der Waals surface area contributed by atoms with E-state index in [1.807, 2.05) is 0 Å². The summed E-state index contributed by atoms with van der Waals surface area (Å²) in [6.07, 6.45) is 1.59. The second-order valence-corrected chi connectivity index (χ2v) is 2.89. The fourth-order valence-corrected chi connectivity index (χ4v) is 1.06. The Kier molecular flexibility index (Phi) is 3.41. The van der Waals surface area contributed by atoms with Gasteiger partial charge in [-0.2, -0.15) is 0 Å². The average Bonchev–Trinajstić information content (AvgIpc) is 2.16. The number of nitrogens with one attached hydrogen (secondary N) is 1. The first kappa shape index (κ1) is 10.5. The Labute approximate surface area is 81.4 Å². The van der Waals surface area contributed by atoms with Crippen LogP contribution in [-0.2, 0) is 11.2 Å². The SMILES string of the molecule is CNC(Cc1ccc(O)cn1)C(=O)O. The number of hydrogen-bond acceptors (Lipinski definition) is 4. The molecule has 76 valence electrons. The van der Waals surface area contributed by atoms with Gasteiger partial charge in [0.25, 0.3) is 0 Å². The lowest BCUT2D eigenvalue weighted by Crippen LogP contribution is -2.35. The smallest absolute Gasteiger partial charge is 0.321 e. The zero-order valence-electron chi connectivity index (χ0n) is 7.77. The molecule has 1 aromatic heterocycles. The maximum Gasteiger partial charge on any atom is 0.321 e. The van der Waals surface area contributed by atoms with Gasteiger partial charge in [0.2, 0.25) is 0 Å². The van der Waals surface area contributed by atoms with Crippen molar-refractivity contribution >= 4 is 5.97 Å². The third-order valence-electron chi connectivity index (χ3n) is 1.87. The molecule has 0 aliphatic heterocycles. The maximum absolute atomic E-state index is 10.7. The van der Waals surface area contributed by atoms with Crippen molar-refractivity contribution in [1.82, 2.24) is 10.3 Å². The first-order valence-corrected chi connectivity index (χ1v) is 4.17. The van der Waals surface area contributed by atoms with Crippen LogP contribution in [0.1, 0.15) is 5.69 Å². The Hall–Kier alpha value is -1.62. The summed E-state index contributed by atoms with van der Waals surface area (Å²) in [4.78, 5) is 14.6. The Morgan fingerprint density at radius 3 is 2.79 bits per heavy atom. The molecule has 1 rings (SSSR count). The van der Waals surface area contributed by atoms with E-state index in [0.717, 1.165) is 0 Å². The second kappa shape index (κ2) is 4.57. The van der Waals surface area contributed by atoms with Gasteiger partial charge in [-0.25, -0.2) is 0 Å². The van der Waals surface area contributed by atoms with Gasteiger partial charge in [-0.05, 0) is 19.2 Å². The molecule has 1 aromatic rings. The minimum atomic E-state index is -0.914. The van der Waals surface area contributed by atoms with Gasteiger partial charge in [0, 0.05) is 12.1 Å². The molecule has 0 aliphatic rings. The molecule has 14 heavy (non-hydrogen) atoms. The van der Waals surface area contributed by atoms with Crippen molar-refractivity contribution in [3.63, 3.8) is 0 Å². The van der Waals surface area contributed by atoms with E-state index in [-0.39, 0.29) is 5.75 Å². The Morgan fingerprint density at radius 1 is 1.64 bits per heavy atom. The van der Waals surface area contributed by atoms with Crippen molar-refractivity contribution in [1.29, 1.82) is 0 Å². The van der Waals surface area contributed by atoms with Crippen LogP contribution in [0.25, 0.3) is 0 Å². The minimum Gasteiger partial charge on any atom is -0.506 e. The van der Waals surface area contributed by atoms with Crippen LogP contribution < -0.4 is 5.32 Å². The summed E-state index contributed by atoms with van der Waals surface area (Å²) in [5.41, 5.74) is 0.629. The predicted molar refractivity (Wildman–Crippen MR) is 50.1 cm³/mol. The van der Waals surface area contributed by atoms with E-state index in [1.165, 1.54) is 12.3 Å². The number of carboxylic acid groups (broad SMARTS) is 1. The Balaban J connectivity index is 2.67. The van der Waals surface area contributed by atoms with Crippen LogP contribution in [0.2, 0.25) is 0 Å². The van der Waals surface area contributed by atoms with Gasteiger partial charge in [-0.1, -0.05) is 0 Å². The molecule has 0 amide bonds. The van der Waals surface area contributed by atoms with E-state index in [4.69, 9.17) is 10.2 Å². The third kappa shape index (κ3) is 2.70. The van der Waals surface area contributed by atoms with Gasteiger partial charge < -0.3 is 15.5 Å². The number of aromatic nitrogens is 1. The predicted octanol–water partition coefficient (Wildman–Crippen LogP) is 0.00230. The van der Waals surface area contributed by atoms with Crippen LogP contribution in [0.15, 0.2) is 18.3 Å². The van der Waals surface area contributed by atoms with Gasteiger partial charge >= 0.3 is 5.97 Å². The molecule has 0 radical (unpaired) electrons. The van der Waals surface area contributed by atoms with Gasteiger partial charge in [-0.3, -0.25) is 9.78 Å². The van der Waals surface area contributed by atoms with Crippen molar-refractivity contribution in [3.8, 4) is 5.75 Å². The third-order valence-corrected chi connectivity index (χ3v) is 1.87. The summed E-state index contributed by atoms with van der Waals surface area (Å²) < 4.78 is 0. The summed E-state index contributed by atoms with van der Waals surface area (Å²) in [7, 11) is 1.58. The Bertz CT molecular complexity index is 310. The fourth-order valence-electron chi connectivity index (χ4n) is 1.06. The van der Waals surface area contributed by atoms with Crippen LogP contribution in [0.5, 0.6) is 5.75 Å². The lowest BCUT2D eigenvalue weighted by molar-refractivity contribution is -0.139. The molecule has 0 saturated carbocycles.